The molecule has 10 nitrogen and oxygen atoms in total. The molecule has 15 heteroatoms. The van der Waals surface area contributed by atoms with Crippen LogP contribution in [-0.4, -0.2) is 71.6 Å². The van der Waals surface area contributed by atoms with Crippen LogP contribution in [0.2, 0.25) is 10.0 Å². The summed E-state index contributed by atoms with van der Waals surface area (Å²) < 4.78 is 71.2. The smallest absolute Gasteiger partial charge is 0.303 e. The van der Waals surface area contributed by atoms with Crippen LogP contribution in [0.4, 0.5) is 0 Å². The predicted octanol–water partition coefficient (Wildman–Crippen LogP) is 4.12. The van der Waals surface area contributed by atoms with Crippen LogP contribution in [0.25, 0.3) is 0 Å². The second-order valence-corrected chi connectivity index (χ2v) is 13.6. The van der Waals surface area contributed by atoms with Gasteiger partial charge in [0.05, 0.1) is 31.5 Å². The molecule has 0 aliphatic heterocycles. The van der Waals surface area contributed by atoms with Crippen LogP contribution in [0, 0.1) is 0 Å². The summed E-state index contributed by atoms with van der Waals surface area (Å²) in [6.45, 7) is 3.45. The van der Waals surface area contributed by atoms with E-state index in [0.717, 1.165) is 6.92 Å². The third kappa shape index (κ3) is 10.0. The molecule has 0 heterocycles. The summed E-state index contributed by atoms with van der Waals surface area (Å²) >= 11 is 18.2. The standard InChI is InChI=1S/C24H27Cl3O10S2/c1-4-38(30,31)14-19(37-16(3)29)13-34-17-5-7-20(8-6-17)39(32,33)21-9-22(26)24(23(27)10-21)35-12-18(11-25)36-15(2)28/h5-10,18-19H,4,11-14H2,1-3H3/t18-,19-/m1/s1. The van der Waals surface area contributed by atoms with Crippen LogP contribution < -0.4 is 9.47 Å². The van der Waals surface area contributed by atoms with Crippen molar-refractivity contribution in [3.05, 3.63) is 46.4 Å². The third-order valence-corrected chi connectivity index (χ3v) is 9.40. The van der Waals surface area contributed by atoms with Crippen molar-refractivity contribution in [3.8, 4) is 11.5 Å². The van der Waals surface area contributed by atoms with Crippen molar-refractivity contribution in [2.75, 3.05) is 30.6 Å². The maximum absolute atomic E-state index is 13.2. The maximum Gasteiger partial charge on any atom is 0.303 e. The van der Waals surface area contributed by atoms with Crippen molar-refractivity contribution < 1.29 is 45.4 Å². The number of hydrogen-bond donors (Lipinski definition) is 0. The van der Waals surface area contributed by atoms with E-state index in [4.69, 9.17) is 53.8 Å². The van der Waals surface area contributed by atoms with Crippen LogP contribution >= 0.6 is 34.8 Å². The SMILES string of the molecule is CCS(=O)(=O)C[C@@H](COc1ccc(S(=O)(=O)c2cc(Cl)c(OC[C@@H](CCl)OC(C)=O)c(Cl)c2)cc1)OC(C)=O. The summed E-state index contributed by atoms with van der Waals surface area (Å²) in [4.78, 5) is 22.2. The lowest BCUT2D eigenvalue weighted by molar-refractivity contribution is -0.147. The number of ether oxygens (including phenoxy) is 4. The number of benzene rings is 2. The topological polar surface area (TPSA) is 139 Å². The molecule has 0 bridgehead atoms. The zero-order valence-corrected chi connectivity index (χ0v) is 25.1. The first kappa shape index (κ1) is 33.0. The molecule has 0 aromatic heterocycles. The van der Waals surface area contributed by atoms with Crippen molar-refractivity contribution in [1.82, 2.24) is 0 Å². The number of esters is 2. The molecule has 0 amide bonds. The molecule has 2 aromatic carbocycles. The van der Waals surface area contributed by atoms with Gasteiger partial charge in [0.1, 0.15) is 31.2 Å². The molecule has 0 saturated heterocycles. The molecular weight excluding hydrogens is 619 g/mol. The molecule has 0 N–H and O–H groups in total. The highest BCUT2D eigenvalue weighted by Crippen LogP contribution is 2.37. The van der Waals surface area contributed by atoms with E-state index in [1.807, 2.05) is 0 Å². The van der Waals surface area contributed by atoms with E-state index in [1.54, 1.807) is 0 Å². The summed E-state index contributed by atoms with van der Waals surface area (Å²) in [5.74, 6) is -1.56. The average molecular weight is 646 g/mol. The van der Waals surface area contributed by atoms with Crippen LogP contribution in [0.3, 0.4) is 0 Å². The Hall–Kier alpha value is -2.25. The van der Waals surface area contributed by atoms with E-state index in [9.17, 15) is 26.4 Å². The molecule has 2 atom stereocenters. The summed E-state index contributed by atoms with van der Waals surface area (Å²) in [7, 11) is -7.51. The van der Waals surface area contributed by atoms with Crippen molar-refractivity contribution in [2.45, 2.75) is 42.8 Å². The Morgan fingerprint density at radius 1 is 0.821 bits per heavy atom. The van der Waals surface area contributed by atoms with Crippen LogP contribution in [0.15, 0.2) is 46.2 Å². The van der Waals surface area contributed by atoms with Crippen molar-refractivity contribution in [2.24, 2.45) is 0 Å². The van der Waals surface area contributed by atoms with Gasteiger partial charge in [-0.25, -0.2) is 16.8 Å². The molecule has 39 heavy (non-hydrogen) atoms. The number of carbonyl (C=O) groups excluding carboxylic acids is 2. The van der Waals surface area contributed by atoms with Gasteiger partial charge in [-0.05, 0) is 36.4 Å². The van der Waals surface area contributed by atoms with Crippen LogP contribution in [0.5, 0.6) is 11.5 Å². The van der Waals surface area contributed by atoms with E-state index in [2.05, 4.69) is 0 Å². The summed E-state index contributed by atoms with van der Waals surface area (Å²) in [5.41, 5.74) is 0. The number of carbonyl (C=O) groups is 2. The molecule has 0 radical (unpaired) electrons. The van der Waals surface area contributed by atoms with Gasteiger partial charge in [-0.15, -0.1) is 11.6 Å². The first-order valence-electron chi connectivity index (χ1n) is 11.4. The lowest BCUT2D eigenvalue weighted by Gasteiger charge is -2.18. The fraction of sp³-hybridized carbons (Fsp3) is 0.417. The van der Waals surface area contributed by atoms with Crippen LogP contribution in [-0.2, 0) is 38.7 Å². The highest BCUT2D eigenvalue weighted by molar-refractivity contribution is 7.91. The summed E-state index contributed by atoms with van der Waals surface area (Å²) in [5, 5.41) is -0.175. The zero-order chi connectivity index (χ0) is 29.4. The first-order chi connectivity index (χ1) is 18.2. The largest absolute Gasteiger partial charge is 0.490 e. The maximum atomic E-state index is 13.2. The first-order valence-corrected chi connectivity index (χ1v) is 16.0. The Kier molecular flexibility index (Phi) is 12.2. The van der Waals surface area contributed by atoms with Gasteiger partial charge in [-0.2, -0.15) is 0 Å². The summed E-state index contributed by atoms with van der Waals surface area (Å²) in [6.07, 6.45) is -1.80. The Labute approximate surface area is 242 Å². The van der Waals surface area contributed by atoms with Gasteiger partial charge >= 0.3 is 11.9 Å². The second-order valence-electron chi connectivity index (χ2n) is 8.13. The lowest BCUT2D eigenvalue weighted by Crippen LogP contribution is -2.32. The van der Waals surface area contributed by atoms with Gasteiger partial charge in [-0.3, -0.25) is 9.59 Å². The number of hydrogen-bond acceptors (Lipinski definition) is 10. The van der Waals surface area contributed by atoms with E-state index in [0.29, 0.717) is 0 Å². The molecule has 0 fully saturated rings. The molecule has 0 aliphatic carbocycles. The molecule has 2 rings (SSSR count). The predicted molar refractivity (Wildman–Crippen MR) is 146 cm³/mol. The average Bonchev–Trinajstić information content (AvgIpc) is 2.85. The molecule has 0 saturated carbocycles. The van der Waals surface area contributed by atoms with E-state index in [-0.39, 0.29) is 56.2 Å². The zero-order valence-electron chi connectivity index (χ0n) is 21.2. The third-order valence-electron chi connectivity index (χ3n) is 4.98. The van der Waals surface area contributed by atoms with Gasteiger partial charge < -0.3 is 18.9 Å². The van der Waals surface area contributed by atoms with Crippen molar-refractivity contribution >= 4 is 66.4 Å². The van der Waals surface area contributed by atoms with Crippen molar-refractivity contribution in [3.63, 3.8) is 0 Å². The van der Waals surface area contributed by atoms with E-state index in [1.165, 1.54) is 50.2 Å². The highest BCUT2D eigenvalue weighted by Gasteiger charge is 2.24. The number of halogens is 3. The molecule has 216 valence electrons. The second kappa shape index (κ2) is 14.4. The Morgan fingerprint density at radius 2 is 1.33 bits per heavy atom. The number of rotatable bonds is 14. The Bertz CT molecular complexity index is 1350. The molecule has 2 aromatic rings. The fourth-order valence-corrected chi connectivity index (χ4v) is 6.30. The number of sulfone groups is 2. The van der Waals surface area contributed by atoms with Gasteiger partial charge in [0, 0.05) is 19.6 Å². The van der Waals surface area contributed by atoms with Gasteiger partial charge in [0.25, 0.3) is 0 Å². The molecule has 0 unspecified atom stereocenters. The highest BCUT2D eigenvalue weighted by atomic mass is 35.5. The number of alkyl halides is 1. The van der Waals surface area contributed by atoms with Gasteiger partial charge in [0.15, 0.2) is 15.6 Å². The molecule has 0 aliphatic rings. The van der Waals surface area contributed by atoms with E-state index < -0.39 is 49.6 Å². The minimum Gasteiger partial charge on any atom is -0.490 e. The van der Waals surface area contributed by atoms with Gasteiger partial charge in [-0.1, -0.05) is 30.1 Å². The van der Waals surface area contributed by atoms with Crippen molar-refractivity contribution in [1.29, 1.82) is 0 Å². The fourth-order valence-electron chi connectivity index (χ4n) is 3.14. The minimum absolute atomic E-state index is 0.00396. The monoisotopic (exact) mass is 644 g/mol. The Morgan fingerprint density at radius 3 is 1.82 bits per heavy atom. The lowest BCUT2D eigenvalue weighted by atomic mass is 10.3. The quantitative estimate of drug-likeness (QED) is 0.218. The Balaban J connectivity index is 2.17. The normalized spacial score (nSPS) is 13.3. The minimum atomic E-state index is -4.06. The summed E-state index contributed by atoms with van der Waals surface area (Å²) in [6, 6.07) is 7.64. The molecule has 0 spiro atoms. The van der Waals surface area contributed by atoms with Crippen LogP contribution in [0.1, 0.15) is 20.8 Å². The molecular formula is C24H27Cl3O10S2. The van der Waals surface area contributed by atoms with E-state index >= 15 is 0 Å². The van der Waals surface area contributed by atoms with Gasteiger partial charge in [0.2, 0.25) is 9.84 Å².